The van der Waals surface area contributed by atoms with E-state index in [-0.39, 0.29) is 31.9 Å². The number of anilines is 1. The zero-order valence-electron chi connectivity index (χ0n) is 28.9. The lowest BCUT2D eigenvalue weighted by molar-refractivity contribution is -0.142. The normalized spacial score (nSPS) is 14.9. The number of aliphatic carboxylic acids is 1. The number of H-pyrrole nitrogens is 1. The van der Waals surface area contributed by atoms with Crippen molar-refractivity contribution in [2.24, 2.45) is 22.4 Å². The Balaban J connectivity index is 1.19. The summed E-state index contributed by atoms with van der Waals surface area (Å²) in [6, 6.07) is 10.9. The lowest BCUT2D eigenvalue weighted by Gasteiger charge is -2.28. The highest BCUT2D eigenvalue weighted by Crippen LogP contribution is 2.38. The molecule has 5 aromatic rings. The number of benzene rings is 2. The summed E-state index contributed by atoms with van der Waals surface area (Å²) in [6.45, 7) is 2.76. The van der Waals surface area contributed by atoms with Gasteiger partial charge in [0.25, 0.3) is 0 Å². The van der Waals surface area contributed by atoms with Crippen molar-refractivity contribution in [3.63, 3.8) is 0 Å². The number of rotatable bonds is 16. The molecule has 52 heavy (non-hydrogen) atoms. The van der Waals surface area contributed by atoms with Crippen LogP contribution in [0.2, 0.25) is 0 Å². The van der Waals surface area contributed by atoms with E-state index in [1.54, 1.807) is 0 Å². The van der Waals surface area contributed by atoms with Gasteiger partial charge in [0, 0.05) is 30.2 Å². The minimum atomic E-state index is -1.22. The number of aliphatic imine (C=N–C) groups is 1. The molecule has 1 fully saturated rings. The van der Waals surface area contributed by atoms with E-state index in [1.165, 1.54) is 12.5 Å². The van der Waals surface area contributed by atoms with Crippen LogP contribution in [0, 0.1) is 5.92 Å². The molecule has 2 aromatic carbocycles. The van der Waals surface area contributed by atoms with Gasteiger partial charge in [0.15, 0.2) is 11.5 Å². The van der Waals surface area contributed by atoms with Gasteiger partial charge in [-0.25, -0.2) is 14.8 Å². The number of imidazole rings is 1. The average Bonchev–Trinajstić information content (AvgIpc) is 3.78. The van der Waals surface area contributed by atoms with Crippen LogP contribution >= 0.6 is 0 Å². The molecule has 3 aromatic heterocycles. The Labute approximate surface area is 299 Å². The summed E-state index contributed by atoms with van der Waals surface area (Å²) in [4.78, 5) is 56.9. The molecule has 2 atom stereocenters. The Morgan fingerprint density at radius 1 is 1.12 bits per heavy atom. The molecule has 1 aliphatic rings. The maximum Gasteiger partial charge on any atom is 0.326 e. The van der Waals surface area contributed by atoms with E-state index in [9.17, 15) is 19.5 Å². The number of carbonyl (C=O) groups is 3. The molecule has 16 nitrogen and oxygen atoms in total. The lowest BCUT2D eigenvalue weighted by atomic mass is 9.98. The fourth-order valence-electron chi connectivity index (χ4n) is 6.35. The van der Waals surface area contributed by atoms with Crippen molar-refractivity contribution in [3.8, 4) is 5.75 Å². The van der Waals surface area contributed by atoms with Crippen LogP contribution in [-0.2, 0) is 20.8 Å². The van der Waals surface area contributed by atoms with Crippen LogP contribution in [0.15, 0.2) is 64.4 Å². The third-order valence-corrected chi connectivity index (χ3v) is 9.21. The molecule has 16 heteroatoms. The van der Waals surface area contributed by atoms with Crippen molar-refractivity contribution in [2.75, 3.05) is 45.2 Å². The van der Waals surface area contributed by atoms with E-state index in [0.29, 0.717) is 52.5 Å². The number of fused-ring (bicyclic) bond motifs is 4. The van der Waals surface area contributed by atoms with E-state index in [2.05, 4.69) is 42.9 Å². The number of carbonyl (C=O) groups excluding carboxylic acids is 2. The number of guanidine groups is 1. The quantitative estimate of drug-likeness (QED) is 0.0443. The van der Waals surface area contributed by atoms with Gasteiger partial charge in [-0.1, -0.05) is 18.2 Å². The van der Waals surface area contributed by atoms with Crippen LogP contribution in [0.25, 0.3) is 33.0 Å². The summed E-state index contributed by atoms with van der Waals surface area (Å²) in [7, 11) is 2.14. The SMILES string of the molecule is CN1CCC(COc2ccc3oc4c(NCC(=O)NC(Cc5cnc[nH]5)C(=O)NC(CCCN=C(N)N)C(=O)O)c5ccccc5nc4c3c2)CC1. The molecule has 0 radical (unpaired) electrons. The van der Waals surface area contributed by atoms with Crippen LogP contribution in [-0.4, -0.2) is 101 Å². The van der Waals surface area contributed by atoms with E-state index in [1.807, 2.05) is 42.5 Å². The number of para-hydroxylation sites is 1. The van der Waals surface area contributed by atoms with Gasteiger partial charge < -0.3 is 51.6 Å². The summed E-state index contributed by atoms with van der Waals surface area (Å²) in [5.74, 6) is -1.26. The molecule has 0 aliphatic carbocycles. The van der Waals surface area contributed by atoms with E-state index < -0.39 is 29.9 Å². The Morgan fingerprint density at radius 3 is 2.67 bits per heavy atom. The van der Waals surface area contributed by atoms with Crippen LogP contribution < -0.4 is 32.2 Å². The molecule has 4 heterocycles. The molecule has 0 saturated carbocycles. The molecule has 9 N–H and O–H groups in total. The van der Waals surface area contributed by atoms with E-state index in [4.69, 9.17) is 25.6 Å². The number of aromatic amines is 1. The smallest absolute Gasteiger partial charge is 0.326 e. The maximum atomic E-state index is 13.5. The van der Waals surface area contributed by atoms with Gasteiger partial charge in [0.05, 0.1) is 36.1 Å². The summed E-state index contributed by atoms with van der Waals surface area (Å²) < 4.78 is 12.5. The predicted molar refractivity (Wildman–Crippen MR) is 197 cm³/mol. The maximum absolute atomic E-state index is 13.5. The summed E-state index contributed by atoms with van der Waals surface area (Å²) >= 11 is 0. The number of nitrogens with two attached hydrogens (primary N) is 2. The van der Waals surface area contributed by atoms with Gasteiger partial charge in [-0.15, -0.1) is 0 Å². The minimum Gasteiger partial charge on any atom is -0.493 e. The number of hydrogen-bond acceptors (Lipinski definition) is 10. The van der Waals surface area contributed by atoms with Crippen molar-refractivity contribution in [3.05, 3.63) is 60.7 Å². The van der Waals surface area contributed by atoms with Crippen molar-refractivity contribution in [1.82, 2.24) is 30.5 Å². The predicted octanol–water partition coefficient (Wildman–Crippen LogP) is 2.34. The second-order valence-electron chi connectivity index (χ2n) is 13.1. The summed E-state index contributed by atoms with van der Waals surface area (Å²) in [6.07, 6.45) is 5.63. The zero-order chi connectivity index (χ0) is 36.6. The average molecular weight is 713 g/mol. The molecule has 1 aliphatic heterocycles. The van der Waals surface area contributed by atoms with Crippen molar-refractivity contribution >= 4 is 62.4 Å². The number of likely N-dealkylation sites (tertiary alicyclic amines) is 1. The molecule has 6 rings (SSSR count). The molecule has 0 bridgehead atoms. The second-order valence-corrected chi connectivity index (χ2v) is 13.1. The van der Waals surface area contributed by atoms with Gasteiger partial charge in [-0.05, 0) is 76.0 Å². The monoisotopic (exact) mass is 712 g/mol. The topological polar surface area (TPSA) is 239 Å². The number of hydrogen-bond donors (Lipinski definition) is 7. The third-order valence-electron chi connectivity index (χ3n) is 9.21. The number of nitrogens with zero attached hydrogens (tertiary/aromatic N) is 4. The van der Waals surface area contributed by atoms with E-state index >= 15 is 0 Å². The van der Waals surface area contributed by atoms with Gasteiger partial charge >= 0.3 is 5.97 Å². The number of pyridine rings is 1. The van der Waals surface area contributed by atoms with Crippen molar-refractivity contribution < 1.29 is 28.6 Å². The lowest BCUT2D eigenvalue weighted by Crippen LogP contribution is -2.53. The highest BCUT2D eigenvalue weighted by atomic mass is 16.5. The van der Waals surface area contributed by atoms with Gasteiger partial charge in [-0.3, -0.25) is 14.6 Å². The fraction of sp³-hybridized carbons (Fsp3) is 0.389. The second kappa shape index (κ2) is 16.4. The number of amides is 2. The Bertz CT molecular complexity index is 2050. The standard InChI is InChI=1S/C36H44N10O6/c1-46-13-10-21(11-14-46)19-51-23-8-9-29-25(16-23)32-33(52-29)31(24-5-2-3-6-26(24)44-32)41-18-30(47)43-28(15-22-17-39-20-42-22)34(48)45-27(35(49)50)7-4-12-40-36(37)38/h2-3,5-6,8-9,16-17,20-21,27-28H,4,7,10-15,18-19H2,1H3,(H,39,42)(H,41,44)(H,43,47)(H,45,48)(H,49,50)(H4,37,38,40). The van der Waals surface area contributed by atoms with Crippen LogP contribution in [0.3, 0.4) is 0 Å². The van der Waals surface area contributed by atoms with Gasteiger partial charge in [0.2, 0.25) is 11.8 Å². The number of piperidine rings is 1. The van der Waals surface area contributed by atoms with Crippen LogP contribution in [0.1, 0.15) is 31.4 Å². The first-order valence-corrected chi connectivity index (χ1v) is 17.3. The number of carboxylic acids is 1. The number of furan rings is 1. The van der Waals surface area contributed by atoms with Crippen molar-refractivity contribution in [2.45, 2.75) is 44.2 Å². The first kappa shape index (κ1) is 35.9. The molecular formula is C36H44N10O6. The van der Waals surface area contributed by atoms with Gasteiger partial charge in [0.1, 0.15) is 28.9 Å². The number of carboxylic acid groups (broad SMARTS) is 1. The molecule has 0 spiro atoms. The van der Waals surface area contributed by atoms with Crippen LogP contribution in [0.4, 0.5) is 5.69 Å². The Hall–Kier alpha value is -5.90. The summed E-state index contributed by atoms with van der Waals surface area (Å²) in [5.41, 5.74) is 14.3. The number of aromatic nitrogens is 3. The molecule has 2 unspecified atom stereocenters. The Morgan fingerprint density at radius 2 is 1.92 bits per heavy atom. The zero-order valence-corrected chi connectivity index (χ0v) is 28.9. The van der Waals surface area contributed by atoms with Crippen LogP contribution in [0.5, 0.6) is 5.75 Å². The van der Waals surface area contributed by atoms with Crippen molar-refractivity contribution in [1.29, 1.82) is 0 Å². The molecule has 274 valence electrons. The van der Waals surface area contributed by atoms with Gasteiger partial charge in [-0.2, -0.15) is 0 Å². The fourth-order valence-corrected chi connectivity index (χ4v) is 6.35. The third kappa shape index (κ3) is 8.87. The number of nitrogens with one attached hydrogen (secondary N) is 4. The molecular weight excluding hydrogens is 668 g/mol. The first-order valence-electron chi connectivity index (χ1n) is 17.3. The minimum absolute atomic E-state index is 0.0477. The highest BCUT2D eigenvalue weighted by molar-refractivity contribution is 6.14. The Kier molecular flexibility index (Phi) is 11.3. The number of ether oxygens (including phenoxy) is 1. The molecule has 2 amide bonds. The van der Waals surface area contributed by atoms with E-state index in [0.717, 1.165) is 42.5 Å². The summed E-state index contributed by atoms with van der Waals surface area (Å²) in [5, 5.41) is 19.8. The largest absolute Gasteiger partial charge is 0.493 e. The first-order chi connectivity index (χ1) is 25.1. The highest BCUT2D eigenvalue weighted by Gasteiger charge is 2.27. The molecule has 1 saturated heterocycles.